The average molecular weight is 423 g/mol. The number of aliphatic imine (C=N–C) groups is 1. The number of fused-ring (bicyclic) bond motifs is 3. The number of benzene rings is 2. The highest BCUT2D eigenvalue weighted by Crippen LogP contribution is 2.50. The zero-order valence-electron chi connectivity index (χ0n) is 19.0. The summed E-state index contributed by atoms with van der Waals surface area (Å²) in [5.74, 6) is 1.21. The third-order valence-electron chi connectivity index (χ3n) is 5.88. The summed E-state index contributed by atoms with van der Waals surface area (Å²) in [4.78, 5) is 17.2. The van der Waals surface area contributed by atoms with Crippen molar-refractivity contribution < 1.29 is 19.4 Å². The van der Waals surface area contributed by atoms with Gasteiger partial charge in [-0.2, -0.15) is 0 Å². The predicted molar refractivity (Wildman–Crippen MR) is 121 cm³/mol. The zero-order valence-corrected chi connectivity index (χ0v) is 19.0. The lowest BCUT2D eigenvalue weighted by atomic mass is 9.79. The zero-order chi connectivity index (χ0) is 22.6. The Bertz CT molecular complexity index is 1090. The number of aliphatic hydroxyl groups is 1. The van der Waals surface area contributed by atoms with Crippen molar-refractivity contribution in [1.29, 1.82) is 0 Å². The molecule has 1 atom stereocenters. The highest BCUT2D eigenvalue weighted by atomic mass is 16.5. The summed E-state index contributed by atoms with van der Waals surface area (Å²) >= 11 is 0. The molecule has 0 saturated heterocycles. The van der Waals surface area contributed by atoms with E-state index >= 15 is 0 Å². The Hall–Kier alpha value is -2.86. The van der Waals surface area contributed by atoms with Crippen LogP contribution in [-0.4, -0.2) is 41.5 Å². The van der Waals surface area contributed by atoms with Gasteiger partial charge in [0.2, 0.25) is 0 Å². The fourth-order valence-corrected chi connectivity index (χ4v) is 4.44. The van der Waals surface area contributed by atoms with Crippen LogP contribution >= 0.6 is 0 Å². The van der Waals surface area contributed by atoms with E-state index in [2.05, 4.69) is 5.32 Å². The molecular formula is C25H30N2O4. The lowest BCUT2D eigenvalue weighted by molar-refractivity contribution is 0.0963. The molecule has 1 amide bonds. The van der Waals surface area contributed by atoms with Gasteiger partial charge in [0, 0.05) is 35.7 Å². The molecule has 0 aliphatic carbocycles. The topological polar surface area (TPSA) is 80.2 Å². The van der Waals surface area contributed by atoms with Gasteiger partial charge < -0.3 is 19.9 Å². The first-order valence-corrected chi connectivity index (χ1v) is 10.7. The Kier molecular flexibility index (Phi) is 5.09. The normalized spacial score (nSPS) is 20.2. The fraction of sp³-hybridized carbons (Fsp3) is 0.440. The van der Waals surface area contributed by atoms with Crippen molar-refractivity contribution in [3.05, 3.63) is 58.1 Å². The second-order valence-corrected chi connectivity index (χ2v) is 9.29. The fourth-order valence-electron chi connectivity index (χ4n) is 4.44. The van der Waals surface area contributed by atoms with Crippen LogP contribution in [0.15, 0.2) is 35.3 Å². The summed E-state index contributed by atoms with van der Waals surface area (Å²) in [6.07, 6.45) is -0.117. The molecule has 2 aliphatic heterocycles. The number of amides is 1. The van der Waals surface area contributed by atoms with Crippen molar-refractivity contribution >= 4 is 11.6 Å². The number of nitrogens with one attached hydrogen (secondary N) is 1. The summed E-state index contributed by atoms with van der Waals surface area (Å²) < 4.78 is 12.2. The SMILES string of the molecule is CCOc1cc2c(c3c1OC(C)(C)C3)C(c1cccc(C(=O)NC)c1)=NC(C)(C)C2O. The van der Waals surface area contributed by atoms with Gasteiger partial charge in [0.1, 0.15) is 11.7 Å². The van der Waals surface area contributed by atoms with E-state index in [1.54, 1.807) is 13.1 Å². The molecule has 2 heterocycles. The smallest absolute Gasteiger partial charge is 0.251 e. The van der Waals surface area contributed by atoms with Crippen LogP contribution < -0.4 is 14.8 Å². The van der Waals surface area contributed by atoms with E-state index in [1.165, 1.54) is 0 Å². The van der Waals surface area contributed by atoms with Gasteiger partial charge in [0.05, 0.1) is 17.9 Å². The maximum absolute atomic E-state index is 12.2. The Morgan fingerprint density at radius 3 is 2.71 bits per heavy atom. The Balaban J connectivity index is 1.99. The van der Waals surface area contributed by atoms with Crippen molar-refractivity contribution in [2.45, 2.75) is 58.3 Å². The quantitative estimate of drug-likeness (QED) is 0.785. The number of aliphatic hydroxyl groups excluding tert-OH is 1. The predicted octanol–water partition coefficient (Wildman–Crippen LogP) is 3.82. The van der Waals surface area contributed by atoms with Gasteiger partial charge in [-0.25, -0.2) is 0 Å². The number of ether oxygens (including phenoxy) is 2. The van der Waals surface area contributed by atoms with Gasteiger partial charge in [0.15, 0.2) is 11.5 Å². The van der Waals surface area contributed by atoms with E-state index in [1.807, 2.05) is 58.9 Å². The van der Waals surface area contributed by atoms with Gasteiger partial charge in [0.25, 0.3) is 5.91 Å². The highest BCUT2D eigenvalue weighted by Gasteiger charge is 2.43. The first kappa shape index (κ1) is 21.4. The first-order valence-electron chi connectivity index (χ1n) is 10.7. The molecule has 0 bridgehead atoms. The monoisotopic (exact) mass is 422 g/mol. The van der Waals surface area contributed by atoms with E-state index in [9.17, 15) is 9.90 Å². The molecule has 0 spiro atoms. The van der Waals surface area contributed by atoms with Crippen molar-refractivity contribution in [3.63, 3.8) is 0 Å². The van der Waals surface area contributed by atoms with Crippen LogP contribution in [-0.2, 0) is 6.42 Å². The molecule has 2 aliphatic rings. The third kappa shape index (κ3) is 3.59. The minimum atomic E-state index is -0.790. The summed E-state index contributed by atoms with van der Waals surface area (Å²) in [6, 6.07) is 9.32. The Labute approximate surface area is 183 Å². The average Bonchev–Trinajstić information content (AvgIpc) is 3.05. The third-order valence-corrected chi connectivity index (χ3v) is 5.88. The van der Waals surface area contributed by atoms with Gasteiger partial charge in [-0.3, -0.25) is 9.79 Å². The molecule has 2 aromatic rings. The molecule has 6 nitrogen and oxygen atoms in total. The molecule has 6 heteroatoms. The van der Waals surface area contributed by atoms with Crippen LogP contribution in [0.3, 0.4) is 0 Å². The van der Waals surface area contributed by atoms with E-state index < -0.39 is 17.2 Å². The Morgan fingerprint density at radius 2 is 2.03 bits per heavy atom. The van der Waals surface area contributed by atoms with Gasteiger partial charge in [-0.1, -0.05) is 12.1 Å². The van der Waals surface area contributed by atoms with Crippen LogP contribution in [0.25, 0.3) is 0 Å². The molecule has 0 aromatic heterocycles. The molecular weight excluding hydrogens is 392 g/mol. The van der Waals surface area contributed by atoms with Crippen molar-refractivity contribution in [2.75, 3.05) is 13.7 Å². The molecule has 1 unspecified atom stereocenters. The first-order chi connectivity index (χ1) is 14.6. The van der Waals surface area contributed by atoms with Crippen LogP contribution in [0.2, 0.25) is 0 Å². The highest BCUT2D eigenvalue weighted by molar-refractivity contribution is 6.17. The minimum Gasteiger partial charge on any atom is -0.490 e. The minimum absolute atomic E-state index is 0.154. The van der Waals surface area contributed by atoms with Gasteiger partial charge in [-0.05, 0) is 58.4 Å². The number of hydrogen-bond donors (Lipinski definition) is 2. The summed E-state index contributed by atoms with van der Waals surface area (Å²) in [7, 11) is 1.61. The summed E-state index contributed by atoms with van der Waals surface area (Å²) in [6.45, 7) is 10.4. The molecule has 0 saturated carbocycles. The maximum atomic E-state index is 12.2. The van der Waals surface area contributed by atoms with Crippen molar-refractivity contribution in [1.82, 2.24) is 5.32 Å². The lowest BCUT2D eigenvalue weighted by Gasteiger charge is -2.35. The molecule has 164 valence electrons. The number of hydrogen-bond acceptors (Lipinski definition) is 5. The van der Waals surface area contributed by atoms with Crippen molar-refractivity contribution in [2.24, 2.45) is 4.99 Å². The molecule has 4 rings (SSSR count). The van der Waals surface area contributed by atoms with E-state index in [0.29, 0.717) is 30.1 Å². The molecule has 2 N–H and O–H groups in total. The summed E-state index contributed by atoms with van der Waals surface area (Å²) in [5, 5.41) is 13.9. The second kappa shape index (κ2) is 7.38. The van der Waals surface area contributed by atoms with E-state index in [-0.39, 0.29) is 5.91 Å². The maximum Gasteiger partial charge on any atom is 0.251 e. The van der Waals surface area contributed by atoms with Gasteiger partial charge in [-0.15, -0.1) is 0 Å². The number of nitrogens with zero attached hydrogens (tertiary/aromatic N) is 1. The number of rotatable bonds is 4. The van der Waals surface area contributed by atoms with Crippen LogP contribution in [0.5, 0.6) is 11.5 Å². The standard InChI is InChI=1S/C25H30N2O4/c1-7-30-18-12-16-19(17-13-24(2,3)31-21(17)18)20(27-25(4,5)22(16)28)14-9-8-10-15(11-14)23(29)26-6/h8-12,22,28H,7,13H2,1-6H3,(H,26,29). The molecule has 2 aromatic carbocycles. The van der Waals surface area contributed by atoms with Crippen LogP contribution in [0, 0.1) is 0 Å². The van der Waals surface area contributed by atoms with Crippen LogP contribution in [0.1, 0.15) is 73.3 Å². The largest absolute Gasteiger partial charge is 0.490 e. The van der Waals surface area contributed by atoms with Gasteiger partial charge >= 0.3 is 0 Å². The Morgan fingerprint density at radius 1 is 1.29 bits per heavy atom. The molecule has 0 fully saturated rings. The molecule has 31 heavy (non-hydrogen) atoms. The lowest BCUT2D eigenvalue weighted by Crippen LogP contribution is -2.35. The van der Waals surface area contributed by atoms with E-state index in [4.69, 9.17) is 14.5 Å². The molecule has 0 radical (unpaired) electrons. The van der Waals surface area contributed by atoms with E-state index in [0.717, 1.165) is 28.0 Å². The second-order valence-electron chi connectivity index (χ2n) is 9.29. The van der Waals surface area contributed by atoms with Crippen LogP contribution in [0.4, 0.5) is 0 Å². The summed E-state index contributed by atoms with van der Waals surface area (Å²) in [5.41, 5.74) is 3.68. The number of carbonyl (C=O) groups is 1. The number of carbonyl (C=O) groups excluding carboxylic acids is 1. The van der Waals surface area contributed by atoms with Crippen molar-refractivity contribution in [3.8, 4) is 11.5 Å².